The largest absolute Gasteiger partial charge is 0.497 e. The van der Waals surface area contributed by atoms with Crippen molar-refractivity contribution in [2.24, 2.45) is 0 Å². The fraction of sp³-hybridized carbons (Fsp3) is 0.125. The van der Waals surface area contributed by atoms with Crippen molar-refractivity contribution in [2.75, 3.05) is 7.11 Å². The van der Waals surface area contributed by atoms with Crippen LogP contribution in [0, 0.1) is 0 Å². The predicted octanol–water partition coefficient (Wildman–Crippen LogP) is 1.76. The standard InChI is InChI=1S/C8H6ClNO4S/c1-13-5-2-3-7-6(4-5)10-8(14-7)15(9,11)12/h2-4H,1H3. The van der Waals surface area contributed by atoms with Crippen molar-refractivity contribution in [1.82, 2.24) is 4.98 Å². The molecule has 0 radical (unpaired) electrons. The monoisotopic (exact) mass is 247 g/mol. The van der Waals surface area contributed by atoms with Crippen molar-refractivity contribution >= 4 is 30.8 Å². The number of halogens is 1. The molecule has 1 heterocycles. The van der Waals surface area contributed by atoms with Gasteiger partial charge in [-0.1, -0.05) is 0 Å². The van der Waals surface area contributed by atoms with Gasteiger partial charge in [0.05, 0.1) is 7.11 Å². The van der Waals surface area contributed by atoms with E-state index in [1.165, 1.54) is 7.11 Å². The van der Waals surface area contributed by atoms with E-state index in [2.05, 4.69) is 4.98 Å². The molecule has 5 nitrogen and oxygen atoms in total. The van der Waals surface area contributed by atoms with Crippen LogP contribution in [0.5, 0.6) is 5.75 Å². The first-order valence-corrected chi connectivity index (χ1v) is 6.21. The Labute approximate surface area is 90.0 Å². The Bertz CT molecular complexity index is 604. The number of rotatable bonds is 2. The zero-order valence-electron chi connectivity index (χ0n) is 7.60. The molecule has 0 fully saturated rings. The Morgan fingerprint density at radius 2 is 2.20 bits per heavy atom. The molecule has 0 amide bonds. The van der Waals surface area contributed by atoms with Gasteiger partial charge in [-0.3, -0.25) is 0 Å². The minimum absolute atomic E-state index is 0.343. The molecule has 15 heavy (non-hydrogen) atoms. The average Bonchev–Trinajstić information content (AvgIpc) is 2.59. The zero-order valence-corrected chi connectivity index (χ0v) is 9.17. The summed E-state index contributed by atoms with van der Waals surface area (Å²) in [6.07, 6.45) is 0. The lowest BCUT2D eigenvalue weighted by atomic mass is 10.3. The maximum atomic E-state index is 10.9. The van der Waals surface area contributed by atoms with Gasteiger partial charge < -0.3 is 9.15 Å². The quantitative estimate of drug-likeness (QED) is 0.757. The maximum absolute atomic E-state index is 10.9. The van der Waals surface area contributed by atoms with E-state index in [9.17, 15) is 8.42 Å². The second kappa shape index (κ2) is 3.39. The Morgan fingerprint density at radius 1 is 1.47 bits per heavy atom. The highest BCUT2D eigenvalue weighted by molar-refractivity contribution is 8.13. The molecule has 0 saturated carbocycles. The van der Waals surface area contributed by atoms with Crippen molar-refractivity contribution in [3.05, 3.63) is 18.2 Å². The van der Waals surface area contributed by atoms with Crippen molar-refractivity contribution < 1.29 is 17.6 Å². The summed E-state index contributed by atoms with van der Waals surface area (Å²) in [7, 11) is 2.66. The fourth-order valence-electron chi connectivity index (χ4n) is 1.12. The van der Waals surface area contributed by atoms with E-state index in [4.69, 9.17) is 19.8 Å². The summed E-state index contributed by atoms with van der Waals surface area (Å²) in [6, 6.07) is 4.76. The molecule has 2 aromatic rings. The molecule has 80 valence electrons. The van der Waals surface area contributed by atoms with E-state index in [0.717, 1.165) is 0 Å². The van der Waals surface area contributed by atoms with Gasteiger partial charge in [-0.2, -0.15) is 4.98 Å². The lowest BCUT2D eigenvalue weighted by Gasteiger charge is -1.95. The second-order valence-electron chi connectivity index (χ2n) is 2.75. The van der Waals surface area contributed by atoms with Gasteiger partial charge in [0.1, 0.15) is 11.3 Å². The summed E-state index contributed by atoms with van der Waals surface area (Å²) in [5, 5.41) is -0.507. The Kier molecular flexibility index (Phi) is 2.32. The lowest BCUT2D eigenvalue weighted by Crippen LogP contribution is -1.88. The molecular formula is C8H6ClNO4S. The van der Waals surface area contributed by atoms with Crippen molar-refractivity contribution in [2.45, 2.75) is 5.22 Å². The van der Waals surface area contributed by atoms with Gasteiger partial charge in [0.2, 0.25) is 0 Å². The van der Waals surface area contributed by atoms with Crippen LogP contribution in [0.4, 0.5) is 0 Å². The number of oxazole rings is 1. The molecule has 0 N–H and O–H groups in total. The van der Waals surface area contributed by atoms with Crippen molar-refractivity contribution in [3.8, 4) is 5.75 Å². The van der Waals surface area contributed by atoms with E-state index >= 15 is 0 Å². The Hall–Kier alpha value is -1.27. The first-order chi connectivity index (χ1) is 7.00. The Balaban J connectivity index is 2.66. The van der Waals surface area contributed by atoms with Gasteiger partial charge in [0.15, 0.2) is 5.58 Å². The fourth-order valence-corrected chi connectivity index (χ4v) is 1.71. The van der Waals surface area contributed by atoms with Crippen molar-refractivity contribution in [1.29, 1.82) is 0 Å². The normalized spacial score (nSPS) is 11.9. The second-order valence-corrected chi connectivity index (χ2v) is 5.20. The van der Waals surface area contributed by atoms with Gasteiger partial charge in [-0.15, -0.1) is 0 Å². The van der Waals surface area contributed by atoms with Gasteiger partial charge in [0.25, 0.3) is 0 Å². The first kappa shape index (κ1) is 10.3. The molecule has 1 aromatic heterocycles. The molecule has 1 aromatic carbocycles. The van der Waals surface area contributed by atoms with Crippen LogP contribution in [0.25, 0.3) is 11.1 Å². The maximum Gasteiger partial charge on any atom is 0.332 e. The van der Waals surface area contributed by atoms with Crippen LogP contribution in [0.2, 0.25) is 0 Å². The number of methoxy groups -OCH3 is 1. The van der Waals surface area contributed by atoms with E-state index in [1.807, 2.05) is 0 Å². The van der Waals surface area contributed by atoms with Crippen LogP contribution < -0.4 is 4.74 Å². The SMILES string of the molecule is COc1ccc2oc(S(=O)(=O)Cl)nc2c1. The number of hydrogen-bond donors (Lipinski definition) is 0. The van der Waals surface area contributed by atoms with Crippen LogP contribution >= 0.6 is 10.7 Å². The summed E-state index contributed by atoms with van der Waals surface area (Å²) >= 11 is 0. The number of fused-ring (bicyclic) bond motifs is 1. The number of ether oxygens (including phenoxy) is 1. The number of nitrogens with zero attached hydrogens (tertiary/aromatic N) is 1. The third kappa shape index (κ3) is 1.91. The van der Waals surface area contributed by atoms with Crippen LogP contribution in [-0.4, -0.2) is 20.5 Å². The highest BCUT2D eigenvalue weighted by Gasteiger charge is 2.18. The van der Waals surface area contributed by atoms with Gasteiger partial charge in [0, 0.05) is 16.7 Å². The molecule has 0 aliphatic heterocycles. The van der Waals surface area contributed by atoms with Crippen LogP contribution in [-0.2, 0) is 9.05 Å². The molecule has 0 aliphatic carbocycles. The lowest BCUT2D eigenvalue weighted by molar-refractivity contribution is 0.415. The van der Waals surface area contributed by atoms with Crippen LogP contribution in [0.3, 0.4) is 0 Å². The molecule has 0 spiro atoms. The minimum atomic E-state index is -3.93. The summed E-state index contributed by atoms with van der Waals surface area (Å²) in [4.78, 5) is 3.73. The van der Waals surface area contributed by atoms with Crippen LogP contribution in [0.1, 0.15) is 0 Å². The summed E-state index contributed by atoms with van der Waals surface area (Å²) in [6.45, 7) is 0. The highest BCUT2D eigenvalue weighted by atomic mass is 35.7. The highest BCUT2D eigenvalue weighted by Crippen LogP contribution is 2.24. The van der Waals surface area contributed by atoms with E-state index in [-0.39, 0.29) is 0 Å². The molecule has 2 rings (SSSR count). The molecule has 0 atom stereocenters. The van der Waals surface area contributed by atoms with Gasteiger partial charge in [-0.05, 0) is 12.1 Å². The number of benzene rings is 1. The number of aromatic nitrogens is 1. The molecular weight excluding hydrogens is 242 g/mol. The third-order valence-corrected chi connectivity index (χ3v) is 2.77. The summed E-state index contributed by atoms with van der Waals surface area (Å²) in [5.41, 5.74) is 0.726. The first-order valence-electron chi connectivity index (χ1n) is 3.90. The minimum Gasteiger partial charge on any atom is -0.497 e. The molecule has 0 saturated heterocycles. The average molecular weight is 248 g/mol. The summed E-state index contributed by atoms with van der Waals surface area (Å²) < 4.78 is 31.8. The molecule has 0 bridgehead atoms. The number of hydrogen-bond acceptors (Lipinski definition) is 5. The third-order valence-electron chi connectivity index (χ3n) is 1.78. The van der Waals surface area contributed by atoms with Gasteiger partial charge in [-0.25, -0.2) is 8.42 Å². The predicted molar refractivity (Wildman–Crippen MR) is 53.6 cm³/mol. The van der Waals surface area contributed by atoms with E-state index < -0.39 is 14.3 Å². The summed E-state index contributed by atoms with van der Waals surface area (Å²) in [5.74, 6) is 0.564. The molecule has 0 aliphatic rings. The van der Waals surface area contributed by atoms with Crippen LogP contribution in [0.15, 0.2) is 27.8 Å². The van der Waals surface area contributed by atoms with E-state index in [1.54, 1.807) is 18.2 Å². The van der Waals surface area contributed by atoms with E-state index in [0.29, 0.717) is 16.8 Å². The molecule has 7 heteroatoms. The smallest absolute Gasteiger partial charge is 0.332 e. The van der Waals surface area contributed by atoms with Gasteiger partial charge >= 0.3 is 14.3 Å². The zero-order chi connectivity index (χ0) is 11.1. The Morgan fingerprint density at radius 3 is 2.80 bits per heavy atom. The topological polar surface area (TPSA) is 69.4 Å². The van der Waals surface area contributed by atoms with Crippen molar-refractivity contribution in [3.63, 3.8) is 0 Å². The molecule has 0 unspecified atom stereocenters.